The molecule has 1 saturated carbocycles. The van der Waals surface area contributed by atoms with Crippen LogP contribution in [0.4, 0.5) is 0 Å². The normalized spacial score (nSPS) is 17.9. The molecule has 2 aromatic carbocycles. The Labute approximate surface area is 141 Å². The Hall–Kier alpha value is -2.33. The van der Waals surface area contributed by atoms with Crippen LogP contribution in [0, 0.1) is 0 Å². The van der Waals surface area contributed by atoms with E-state index in [1.165, 1.54) is 0 Å². The van der Waals surface area contributed by atoms with Gasteiger partial charge in [-0.2, -0.15) is 0 Å². The molecule has 2 N–H and O–H groups in total. The van der Waals surface area contributed by atoms with E-state index in [0.717, 1.165) is 19.3 Å². The molecule has 4 heteroatoms. The van der Waals surface area contributed by atoms with Gasteiger partial charge in [0.2, 0.25) is 0 Å². The van der Waals surface area contributed by atoms with E-state index in [9.17, 15) is 15.0 Å². The van der Waals surface area contributed by atoms with Crippen LogP contribution in [0.3, 0.4) is 0 Å². The Morgan fingerprint density at radius 2 is 1.62 bits per heavy atom. The van der Waals surface area contributed by atoms with Crippen molar-refractivity contribution in [2.75, 3.05) is 0 Å². The molecule has 126 valence electrons. The summed E-state index contributed by atoms with van der Waals surface area (Å²) < 4.78 is 5.79. The molecule has 0 amide bonds. The molecule has 0 saturated heterocycles. The van der Waals surface area contributed by atoms with Crippen LogP contribution in [0.2, 0.25) is 0 Å². The first-order valence-electron chi connectivity index (χ1n) is 8.36. The number of benzene rings is 2. The molecular weight excluding hydrogens is 304 g/mol. The molecule has 0 bridgehead atoms. The van der Waals surface area contributed by atoms with Gasteiger partial charge in [-0.1, -0.05) is 49.6 Å². The fraction of sp³-hybridized carbons (Fsp3) is 0.350. The van der Waals surface area contributed by atoms with Crippen molar-refractivity contribution in [2.45, 2.75) is 43.6 Å². The minimum Gasteiger partial charge on any atom is -0.481 e. The summed E-state index contributed by atoms with van der Waals surface area (Å²) in [5.74, 6) is -0.657. The fourth-order valence-electron chi connectivity index (χ4n) is 3.52. The zero-order chi connectivity index (χ0) is 17.0. The minimum absolute atomic E-state index is 0.522. The number of hydrogen-bond donors (Lipinski definition) is 2. The fourth-order valence-corrected chi connectivity index (χ4v) is 3.52. The number of carbonyl (C=O) groups is 1. The number of aliphatic carboxylic acids is 1. The van der Waals surface area contributed by atoms with E-state index in [4.69, 9.17) is 4.74 Å². The summed E-state index contributed by atoms with van der Waals surface area (Å²) in [5, 5.41) is 20.6. The van der Waals surface area contributed by atoms with E-state index >= 15 is 0 Å². The third-order valence-electron chi connectivity index (χ3n) is 4.67. The molecule has 1 aliphatic carbocycles. The average Bonchev–Trinajstić information content (AvgIpc) is 2.56. The second kappa shape index (κ2) is 7.05. The number of carboxylic acid groups (broad SMARTS) is 1. The molecule has 0 unspecified atom stereocenters. The van der Waals surface area contributed by atoms with Gasteiger partial charge in [-0.15, -0.1) is 0 Å². The molecule has 1 fully saturated rings. The first kappa shape index (κ1) is 16.5. The van der Waals surface area contributed by atoms with Gasteiger partial charge in [0.05, 0.1) is 5.60 Å². The predicted octanol–water partition coefficient (Wildman–Crippen LogP) is 4.34. The molecular formula is C20H22O4. The van der Waals surface area contributed by atoms with Crippen molar-refractivity contribution in [3.63, 3.8) is 0 Å². The summed E-state index contributed by atoms with van der Waals surface area (Å²) in [7, 11) is 0. The van der Waals surface area contributed by atoms with Gasteiger partial charge in [0, 0.05) is 0 Å². The number of para-hydroxylation sites is 1. The maximum atomic E-state index is 11.9. The number of aliphatic hydroxyl groups is 1. The Morgan fingerprint density at radius 3 is 2.29 bits per heavy atom. The molecule has 0 aromatic heterocycles. The van der Waals surface area contributed by atoms with Crippen LogP contribution in [-0.4, -0.2) is 21.8 Å². The first-order chi connectivity index (χ1) is 11.6. The summed E-state index contributed by atoms with van der Waals surface area (Å²) in [4.78, 5) is 11.9. The van der Waals surface area contributed by atoms with E-state index < -0.39 is 17.5 Å². The van der Waals surface area contributed by atoms with Crippen molar-refractivity contribution in [1.29, 1.82) is 0 Å². The van der Waals surface area contributed by atoms with Crippen LogP contribution < -0.4 is 4.74 Å². The van der Waals surface area contributed by atoms with Gasteiger partial charge >= 0.3 is 5.97 Å². The number of ether oxygens (including phenoxy) is 1. The van der Waals surface area contributed by atoms with Crippen molar-refractivity contribution in [3.05, 3.63) is 60.2 Å². The van der Waals surface area contributed by atoms with Gasteiger partial charge in [0.1, 0.15) is 17.4 Å². The van der Waals surface area contributed by atoms with Crippen molar-refractivity contribution in [3.8, 4) is 11.5 Å². The van der Waals surface area contributed by atoms with Crippen LogP contribution in [-0.2, 0) is 4.79 Å². The van der Waals surface area contributed by atoms with Gasteiger partial charge in [0.25, 0.3) is 0 Å². The zero-order valence-corrected chi connectivity index (χ0v) is 13.5. The predicted molar refractivity (Wildman–Crippen MR) is 91.4 cm³/mol. The smallest absolute Gasteiger partial charge is 0.313 e. The summed E-state index contributed by atoms with van der Waals surface area (Å²) in [5.41, 5.74) is -0.601. The van der Waals surface area contributed by atoms with E-state index in [0.29, 0.717) is 29.9 Å². The third-order valence-corrected chi connectivity index (χ3v) is 4.67. The second-order valence-corrected chi connectivity index (χ2v) is 6.42. The SMILES string of the molecule is O=C(O)[C@H](c1cccc(Oc2ccccc2)c1)C1(O)CCCCC1. The third kappa shape index (κ3) is 3.60. The van der Waals surface area contributed by atoms with Gasteiger partial charge in [0.15, 0.2) is 0 Å². The highest BCUT2D eigenvalue weighted by molar-refractivity contribution is 5.78. The molecule has 3 rings (SSSR count). The van der Waals surface area contributed by atoms with Gasteiger partial charge in [-0.05, 0) is 42.7 Å². The molecule has 0 spiro atoms. The summed E-state index contributed by atoms with van der Waals surface area (Å²) in [6.45, 7) is 0. The molecule has 4 nitrogen and oxygen atoms in total. The zero-order valence-electron chi connectivity index (χ0n) is 13.5. The summed E-state index contributed by atoms with van der Waals surface area (Å²) in [6, 6.07) is 16.4. The monoisotopic (exact) mass is 326 g/mol. The minimum atomic E-state index is -1.19. The Balaban J connectivity index is 1.88. The van der Waals surface area contributed by atoms with E-state index in [1.54, 1.807) is 24.3 Å². The number of hydrogen-bond acceptors (Lipinski definition) is 3. The lowest BCUT2D eigenvalue weighted by Gasteiger charge is -2.37. The number of rotatable bonds is 5. The molecule has 2 aromatic rings. The molecule has 1 aliphatic rings. The Bertz CT molecular complexity index is 690. The quantitative estimate of drug-likeness (QED) is 0.857. The van der Waals surface area contributed by atoms with E-state index in [2.05, 4.69) is 0 Å². The van der Waals surface area contributed by atoms with Gasteiger partial charge in [-0.25, -0.2) is 0 Å². The van der Waals surface area contributed by atoms with E-state index in [-0.39, 0.29) is 0 Å². The van der Waals surface area contributed by atoms with Crippen molar-refractivity contribution < 1.29 is 19.7 Å². The van der Waals surface area contributed by atoms with Gasteiger partial charge < -0.3 is 14.9 Å². The summed E-state index contributed by atoms with van der Waals surface area (Å²) in [6.07, 6.45) is 3.81. The lowest BCUT2D eigenvalue weighted by Crippen LogP contribution is -2.42. The molecule has 0 heterocycles. The standard InChI is InChI=1S/C20H22O4/c21-19(22)18(20(23)12-5-2-6-13-20)15-8-7-11-17(14-15)24-16-9-3-1-4-10-16/h1,3-4,7-11,14,18,23H,2,5-6,12-13H2,(H,21,22)/t18-/m0/s1. The number of carboxylic acids is 1. The van der Waals surface area contributed by atoms with Crippen molar-refractivity contribution in [2.24, 2.45) is 0 Å². The molecule has 24 heavy (non-hydrogen) atoms. The highest BCUT2D eigenvalue weighted by atomic mass is 16.5. The molecule has 0 radical (unpaired) electrons. The largest absolute Gasteiger partial charge is 0.481 e. The maximum Gasteiger partial charge on any atom is 0.313 e. The second-order valence-electron chi connectivity index (χ2n) is 6.42. The average molecular weight is 326 g/mol. The lowest BCUT2D eigenvalue weighted by molar-refractivity contribution is -0.147. The molecule has 1 atom stereocenters. The van der Waals surface area contributed by atoms with Crippen molar-refractivity contribution >= 4 is 5.97 Å². The maximum absolute atomic E-state index is 11.9. The van der Waals surface area contributed by atoms with Crippen LogP contribution in [0.25, 0.3) is 0 Å². The van der Waals surface area contributed by atoms with Crippen LogP contribution in [0.5, 0.6) is 11.5 Å². The van der Waals surface area contributed by atoms with Crippen LogP contribution in [0.15, 0.2) is 54.6 Å². The van der Waals surface area contributed by atoms with Crippen LogP contribution >= 0.6 is 0 Å². The topological polar surface area (TPSA) is 66.8 Å². The Kier molecular flexibility index (Phi) is 4.86. The first-order valence-corrected chi connectivity index (χ1v) is 8.36. The lowest BCUT2D eigenvalue weighted by atomic mass is 9.73. The van der Waals surface area contributed by atoms with Crippen molar-refractivity contribution in [1.82, 2.24) is 0 Å². The Morgan fingerprint density at radius 1 is 0.958 bits per heavy atom. The highest BCUT2D eigenvalue weighted by Gasteiger charge is 2.43. The van der Waals surface area contributed by atoms with Gasteiger partial charge in [-0.3, -0.25) is 4.79 Å². The molecule has 0 aliphatic heterocycles. The highest BCUT2D eigenvalue weighted by Crippen LogP contribution is 2.41. The summed E-state index contributed by atoms with van der Waals surface area (Å²) >= 11 is 0. The van der Waals surface area contributed by atoms with Crippen LogP contribution in [0.1, 0.15) is 43.6 Å². The van der Waals surface area contributed by atoms with E-state index in [1.807, 2.05) is 30.3 Å².